The number of carbonyl (C=O) groups is 1. The van der Waals surface area contributed by atoms with Crippen molar-refractivity contribution < 1.29 is 13.9 Å². The number of esters is 1. The lowest BCUT2D eigenvalue weighted by atomic mass is 10.0. The van der Waals surface area contributed by atoms with Gasteiger partial charge in [0.1, 0.15) is 15.5 Å². The maximum Gasteiger partial charge on any atom is 0.350 e. The number of hydrogen-bond acceptors (Lipinski definition) is 6. The van der Waals surface area contributed by atoms with E-state index in [-0.39, 0.29) is 0 Å². The largest absolute Gasteiger partial charge is 0.464 e. The van der Waals surface area contributed by atoms with E-state index in [0.29, 0.717) is 22.9 Å². The van der Waals surface area contributed by atoms with Gasteiger partial charge in [0.2, 0.25) is 0 Å². The maximum absolute atomic E-state index is 12.1. The summed E-state index contributed by atoms with van der Waals surface area (Å²) in [6.45, 7) is 5.98. The summed E-state index contributed by atoms with van der Waals surface area (Å²) in [5.74, 6) is 0.302. The fraction of sp³-hybridized carbons (Fsp3) is 0.250. The first kappa shape index (κ1) is 14.6. The molecule has 3 rings (SSSR count). The zero-order valence-corrected chi connectivity index (χ0v) is 13.4. The molecule has 6 heteroatoms. The minimum atomic E-state index is -0.413. The monoisotopic (exact) mass is 316 g/mol. The number of nitrogen functional groups attached to an aromatic ring is 1. The van der Waals surface area contributed by atoms with Crippen molar-refractivity contribution in [1.29, 1.82) is 0 Å². The molecule has 0 saturated heterocycles. The first-order valence-electron chi connectivity index (χ1n) is 6.94. The van der Waals surface area contributed by atoms with E-state index in [4.69, 9.17) is 14.9 Å². The first-order valence-corrected chi connectivity index (χ1v) is 7.76. The predicted octanol–water partition coefficient (Wildman–Crippen LogP) is 3.93. The minimum absolute atomic E-state index is 0.309. The molecular formula is C16H16N2O3S. The number of ether oxygens (including phenoxy) is 1. The van der Waals surface area contributed by atoms with E-state index in [2.05, 4.69) is 4.98 Å². The average molecular weight is 316 g/mol. The first-order chi connectivity index (χ1) is 10.5. The quantitative estimate of drug-likeness (QED) is 0.741. The molecule has 22 heavy (non-hydrogen) atoms. The second-order valence-electron chi connectivity index (χ2n) is 4.92. The molecule has 3 aromatic rings. The predicted molar refractivity (Wildman–Crippen MR) is 87.2 cm³/mol. The van der Waals surface area contributed by atoms with Gasteiger partial charge in [-0.05, 0) is 38.5 Å². The number of thiophene rings is 1. The Bertz CT molecular complexity index is 850. The van der Waals surface area contributed by atoms with Crippen molar-refractivity contribution in [2.24, 2.45) is 0 Å². The molecule has 0 fully saturated rings. The fourth-order valence-electron chi connectivity index (χ4n) is 2.43. The summed E-state index contributed by atoms with van der Waals surface area (Å²) in [4.78, 5) is 17.7. The molecule has 3 heterocycles. The summed E-state index contributed by atoms with van der Waals surface area (Å²) >= 11 is 1.25. The molecule has 0 saturated carbocycles. The lowest BCUT2D eigenvalue weighted by Gasteiger charge is -2.08. The number of hydrogen-bond donors (Lipinski definition) is 1. The van der Waals surface area contributed by atoms with Crippen LogP contribution >= 0.6 is 11.3 Å². The molecule has 0 atom stereocenters. The van der Waals surface area contributed by atoms with Crippen LogP contribution in [0.25, 0.3) is 21.5 Å². The van der Waals surface area contributed by atoms with Gasteiger partial charge in [-0.1, -0.05) is 0 Å². The average Bonchev–Trinajstić information content (AvgIpc) is 3.10. The summed E-state index contributed by atoms with van der Waals surface area (Å²) in [6.07, 6.45) is 1.62. The Labute approximate surface area is 131 Å². The number of furan rings is 1. The number of aryl methyl sites for hydroxylation is 1. The number of rotatable bonds is 3. The van der Waals surface area contributed by atoms with Crippen LogP contribution in [0, 0.1) is 13.8 Å². The molecule has 0 aromatic carbocycles. The highest BCUT2D eigenvalue weighted by Crippen LogP contribution is 2.42. The van der Waals surface area contributed by atoms with E-state index in [1.54, 1.807) is 13.2 Å². The second-order valence-corrected chi connectivity index (χ2v) is 5.92. The third-order valence-corrected chi connectivity index (χ3v) is 4.67. The van der Waals surface area contributed by atoms with Crippen LogP contribution in [0.1, 0.15) is 27.9 Å². The normalized spacial score (nSPS) is 11.0. The highest BCUT2D eigenvalue weighted by molar-refractivity contribution is 7.21. The van der Waals surface area contributed by atoms with E-state index in [1.807, 2.05) is 26.0 Å². The van der Waals surface area contributed by atoms with Crippen molar-refractivity contribution in [2.75, 3.05) is 12.3 Å². The molecule has 2 N–H and O–H groups in total. The number of nitrogens with zero attached hydrogens (tertiary/aromatic N) is 1. The molecule has 0 aliphatic carbocycles. The van der Waals surface area contributed by atoms with E-state index in [1.165, 1.54) is 11.3 Å². The molecule has 114 valence electrons. The third kappa shape index (κ3) is 2.16. The van der Waals surface area contributed by atoms with Crippen LogP contribution in [0.2, 0.25) is 0 Å². The topological polar surface area (TPSA) is 78.3 Å². The Morgan fingerprint density at radius 1 is 1.45 bits per heavy atom. The van der Waals surface area contributed by atoms with Gasteiger partial charge in [-0.3, -0.25) is 0 Å². The smallest absolute Gasteiger partial charge is 0.350 e. The third-order valence-electron chi connectivity index (χ3n) is 3.59. The zero-order valence-electron chi connectivity index (χ0n) is 12.6. The maximum atomic E-state index is 12.1. The lowest BCUT2D eigenvalue weighted by Crippen LogP contribution is -2.05. The van der Waals surface area contributed by atoms with Gasteiger partial charge >= 0.3 is 5.97 Å². The lowest BCUT2D eigenvalue weighted by molar-refractivity contribution is 0.0533. The molecule has 0 aliphatic heterocycles. The Kier molecular flexibility index (Phi) is 3.62. The Morgan fingerprint density at radius 3 is 2.86 bits per heavy atom. The molecular weight excluding hydrogens is 300 g/mol. The van der Waals surface area contributed by atoms with Crippen molar-refractivity contribution in [1.82, 2.24) is 4.98 Å². The molecule has 0 unspecified atom stereocenters. The van der Waals surface area contributed by atoms with Crippen molar-refractivity contribution in [3.63, 3.8) is 0 Å². The Hall–Kier alpha value is -2.34. The van der Waals surface area contributed by atoms with E-state index < -0.39 is 5.97 Å². The van der Waals surface area contributed by atoms with Crippen LogP contribution < -0.4 is 5.73 Å². The number of aromatic nitrogens is 1. The molecule has 5 nitrogen and oxygen atoms in total. The molecule has 0 amide bonds. The van der Waals surface area contributed by atoms with Crippen molar-refractivity contribution in [3.05, 3.63) is 34.5 Å². The van der Waals surface area contributed by atoms with Crippen LogP contribution in [-0.2, 0) is 4.74 Å². The summed E-state index contributed by atoms with van der Waals surface area (Å²) < 4.78 is 10.6. The number of carbonyl (C=O) groups excluding carboxylic acids is 1. The minimum Gasteiger partial charge on any atom is -0.464 e. The zero-order chi connectivity index (χ0) is 15.9. The van der Waals surface area contributed by atoms with Gasteiger partial charge in [-0.2, -0.15) is 0 Å². The van der Waals surface area contributed by atoms with E-state index in [0.717, 1.165) is 27.0 Å². The van der Waals surface area contributed by atoms with Crippen LogP contribution in [0.5, 0.6) is 0 Å². The Balaban J connectivity index is 2.34. The SMILES string of the molecule is CCOC(=O)c1sc2nc(C)c(C)c(-c3ccco3)c2c1N. The second kappa shape index (κ2) is 5.46. The van der Waals surface area contributed by atoms with Gasteiger partial charge in [0, 0.05) is 16.6 Å². The molecule has 0 bridgehead atoms. The molecule has 0 radical (unpaired) electrons. The number of nitrogens with two attached hydrogens (primary N) is 1. The van der Waals surface area contributed by atoms with Crippen molar-refractivity contribution in [2.45, 2.75) is 20.8 Å². The summed E-state index contributed by atoms with van der Waals surface area (Å²) in [5.41, 5.74) is 9.39. The molecule has 0 aliphatic rings. The standard InChI is InChI=1S/C16H16N2O3S/c1-4-20-16(19)14-13(17)12-11(10-6-5-7-21-10)8(2)9(3)18-15(12)22-14/h5-7H,4,17H2,1-3H3. The van der Waals surface area contributed by atoms with Gasteiger partial charge in [-0.15, -0.1) is 11.3 Å². The summed E-state index contributed by atoms with van der Waals surface area (Å²) in [5, 5.41) is 0.756. The van der Waals surface area contributed by atoms with Gasteiger partial charge in [0.25, 0.3) is 0 Å². The van der Waals surface area contributed by atoms with Crippen LogP contribution in [0.15, 0.2) is 22.8 Å². The van der Waals surface area contributed by atoms with Gasteiger partial charge in [0.15, 0.2) is 0 Å². The Morgan fingerprint density at radius 2 is 2.23 bits per heavy atom. The van der Waals surface area contributed by atoms with Crippen LogP contribution in [-0.4, -0.2) is 17.6 Å². The molecule has 0 spiro atoms. The van der Waals surface area contributed by atoms with Crippen LogP contribution in [0.3, 0.4) is 0 Å². The van der Waals surface area contributed by atoms with Gasteiger partial charge < -0.3 is 14.9 Å². The number of fused-ring (bicyclic) bond motifs is 1. The highest BCUT2D eigenvalue weighted by atomic mass is 32.1. The van der Waals surface area contributed by atoms with Crippen molar-refractivity contribution in [3.8, 4) is 11.3 Å². The fourth-order valence-corrected chi connectivity index (χ4v) is 3.48. The summed E-state index contributed by atoms with van der Waals surface area (Å²) in [7, 11) is 0. The van der Waals surface area contributed by atoms with Crippen LogP contribution in [0.4, 0.5) is 5.69 Å². The van der Waals surface area contributed by atoms with Crippen molar-refractivity contribution >= 4 is 33.2 Å². The number of anilines is 1. The highest BCUT2D eigenvalue weighted by Gasteiger charge is 2.24. The van der Waals surface area contributed by atoms with Gasteiger partial charge in [-0.25, -0.2) is 9.78 Å². The van der Waals surface area contributed by atoms with E-state index in [9.17, 15) is 4.79 Å². The number of pyridine rings is 1. The summed E-state index contributed by atoms with van der Waals surface area (Å²) in [6, 6.07) is 3.70. The van der Waals surface area contributed by atoms with E-state index >= 15 is 0 Å². The molecule has 3 aromatic heterocycles. The van der Waals surface area contributed by atoms with Gasteiger partial charge in [0.05, 0.1) is 18.6 Å².